The number of halogens is 4. The molecule has 1 aliphatic heterocycles. The zero-order chi connectivity index (χ0) is 24.1. The van der Waals surface area contributed by atoms with Gasteiger partial charge in [-0.05, 0) is 38.8 Å². The van der Waals surface area contributed by atoms with Crippen molar-refractivity contribution in [3.63, 3.8) is 0 Å². The van der Waals surface area contributed by atoms with Gasteiger partial charge in [-0.1, -0.05) is 48.0 Å². The zero-order valence-electron chi connectivity index (χ0n) is 18.1. The molecule has 0 radical (unpaired) electrons. The van der Waals surface area contributed by atoms with Crippen LogP contribution in [0.5, 0.6) is 0 Å². The van der Waals surface area contributed by atoms with E-state index in [0.29, 0.717) is 30.0 Å². The van der Waals surface area contributed by atoms with Crippen LogP contribution in [-0.2, 0) is 11.0 Å². The molecule has 0 aliphatic carbocycles. The fourth-order valence-electron chi connectivity index (χ4n) is 3.74. The number of anilines is 1. The minimum Gasteiger partial charge on any atom is -0.310 e. The lowest BCUT2D eigenvalue weighted by atomic mass is 10.0. The molecule has 7 nitrogen and oxygen atoms in total. The normalized spacial score (nSPS) is 16.2. The summed E-state index contributed by atoms with van der Waals surface area (Å²) in [6, 6.07) is 1.43. The van der Waals surface area contributed by atoms with Crippen molar-refractivity contribution in [2.75, 3.05) is 16.8 Å². The Hall–Kier alpha value is -2.17. The average molecular weight is 522 g/mol. The largest absolute Gasteiger partial charge is 0.423 e. The van der Waals surface area contributed by atoms with Crippen molar-refractivity contribution < 1.29 is 27.7 Å². The van der Waals surface area contributed by atoms with Gasteiger partial charge in [-0.3, -0.25) is 14.9 Å². The molecule has 11 heteroatoms. The number of unbranched alkanes of at least 4 members (excludes halogenated alkanes) is 6. The Morgan fingerprint density at radius 1 is 1.03 bits per heavy atom. The summed E-state index contributed by atoms with van der Waals surface area (Å²) in [4.78, 5) is 37.7. The predicted octanol–water partition coefficient (Wildman–Crippen LogP) is 6.29. The summed E-state index contributed by atoms with van der Waals surface area (Å²) in [7, 11) is 0. The van der Waals surface area contributed by atoms with E-state index in [0.717, 1.165) is 49.9 Å². The van der Waals surface area contributed by atoms with Crippen molar-refractivity contribution in [2.24, 2.45) is 0 Å². The minimum atomic E-state index is -5.01. The van der Waals surface area contributed by atoms with Gasteiger partial charge < -0.3 is 4.90 Å². The lowest BCUT2D eigenvalue weighted by molar-refractivity contribution is -0.388. The minimum absolute atomic E-state index is 0.300. The molecule has 0 N–H and O–H groups in total. The number of amides is 3. The van der Waals surface area contributed by atoms with E-state index in [1.165, 1.54) is 4.90 Å². The quantitative estimate of drug-likeness (QED) is 0.113. The number of nitrogens with zero attached hydrogens (tertiary/aromatic N) is 3. The van der Waals surface area contributed by atoms with Crippen molar-refractivity contribution in [1.82, 2.24) is 4.90 Å². The van der Waals surface area contributed by atoms with Crippen molar-refractivity contribution in [3.05, 3.63) is 33.9 Å². The number of nitro groups is 1. The van der Waals surface area contributed by atoms with Gasteiger partial charge in [0.1, 0.15) is 11.1 Å². The third-order valence-corrected chi connectivity index (χ3v) is 6.14. The molecule has 1 aliphatic rings. The molecule has 0 spiro atoms. The molecular weight excluding hydrogens is 495 g/mol. The predicted molar refractivity (Wildman–Crippen MR) is 118 cm³/mol. The van der Waals surface area contributed by atoms with E-state index in [1.807, 2.05) is 0 Å². The van der Waals surface area contributed by atoms with E-state index >= 15 is 0 Å². The molecule has 2 rings (SSSR count). The number of hydrogen-bond acceptors (Lipinski definition) is 4. The highest BCUT2D eigenvalue weighted by Gasteiger charge is 2.52. The molecule has 3 amide bonds. The second-order valence-electron chi connectivity index (χ2n) is 8.25. The van der Waals surface area contributed by atoms with E-state index in [9.17, 15) is 32.9 Å². The van der Waals surface area contributed by atoms with Gasteiger partial charge in [0, 0.05) is 17.9 Å². The van der Waals surface area contributed by atoms with Crippen LogP contribution in [0.2, 0.25) is 0 Å². The van der Waals surface area contributed by atoms with Crippen molar-refractivity contribution in [3.8, 4) is 0 Å². The highest BCUT2D eigenvalue weighted by atomic mass is 79.9. The van der Waals surface area contributed by atoms with Crippen LogP contribution < -0.4 is 4.90 Å². The van der Waals surface area contributed by atoms with Crippen LogP contribution in [0, 0.1) is 10.1 Å². The third-order valence-electron chi connectivity index (χ3n) is 5.58. The molecule has 0 bridgehead atoms. The first-order chi connectivity index (χ1) is 14.9. The molecule has 1 saturated heterocycles. The maximum Gasteiger partial charge on any atom is 0.423 e. The molecule has 0 saturated carbocycles. The Balaban J connectivity index is 2.14. The molecule has 178 valence electrons. The Morgan fingerprint density at radius 2 is 1.59 bits per heavy atom. The maximum absolute atomic E-state index is 13.3. The Morgan fingerprint density at radius 3 is 2.12 bits per heavy atom. The maximum atomic E-state index is 13.3. The standard InChI is InChI=1S/C21H27BrF3N3O4/c1-20(2)18(29)27(15-10-11-17(28(31)32)16(14-15)21(23,24)25)19(30)26(20)13-9-7-5-3-4-6-8-12-22/h10-11,14H,3-9,12-13H2,1-2H3. The van der Waals surface area contributed by atoms with Crippen LogP contribution in [0.25, 0.3) is 0 Å². The van der Waals surface area contributed by atoms with E-state index in [1.54, 1.807) is 13.8 Å². The van der Waals surface area contributed by atoms with Gasteiger partial charge in [0.05, 0.1) is 10.6 Å². The molecule has 1 fully saturated rings. The van der Waals surface area contributed by atoms with Gasteiger partial charge in [-0.15, -0.1) is 0 Å². The Kier molecular flexibility index (Phi) is 8.67. The second-order valence-corrected chi connectivity index (χ2v) is 9.05. The highest BCUT2D eigenvalue weighted by Crippen LogP contribution is 2.40. The Labute approximate surface area is 193 Å². The van der Waals surface area contributed by atoms with Gasteiger partial charge in [-0.2, -0.15) is 13.2 Å². The van der Waals surface area contributed by atoms with Crippen LogP contribution in [0.3, 0.4) is 0 Å². The lowest BCUT2D eigenvalue weighted by Gasteiger charge is -2.27. The number of urea groups is 1. The monoisotopic (exact) mass is 521 g/mol. The van der Waals surface area contributed by atoms with Gasteiger partial charge in [0.15, 0.2) is 0 Å². The number of hydrogen-bond donors (Lipinski definition) is 0. The van der Waals surface area contributed by atoms with E-state index < -0.39 is 39.8 Å². The average Bonchev–Trinajstić information content (AvgIpc) is 2.87. The number of rotatable bonds is 11. The van der Waals surface area contributed by atoms with E-state index in [2.05, 4.69) is 15.9 Å². The summed E-state index contributed by atoms with van der Waals surface area (Å²) < 4.78 is 40.0. The van der Waals surface area contributed by atoms with Crippen molar-refractivity contribution in [1.29, 1.82) is 0 Å². The Bertz CT molecular complexity index is 861. The van der Waals surface area contributed by atoms with Gasteiger partial charge in [0.25, 0.3) is 11.6 Å². The van der Waals surface area contributed by atoms with Crippen LogP contribution in [0.15, 0.2) is 18.2 Å². The van der Waals surface area contributed by atoms with Crippen LogP contribution in [0.4, 0.5) is 29.3 Å². The number of carbonyl (C=O) groups is 2. The zero-order valence-corrected chi connectivity index (χ0v) is 19.7. The molecule has 1 heterocycles. The van der Waals surface area contributed by atoms with Gasteiger partial charge >= 0.3 is 12.2 Å². The summed E-state index contributed by atoms with van der Waals surface area (Å²) in [5.74, 6) is -0.667. The van der Waals surface area contributed by atoms with E-state index in [-0.39, 0.29) is 5.69 Å². The van der Waals surface area contributed by atoms with Crippen LogP contribution in [-0.4, -0.2) is 39.2 Å². The number of nitro benzene ring substituents is 1. The number of imide groups is 1. The summed E-state index contributed by atoms with van der Waals surface area (Å²) >= 11 is 3.39. The second kappa shape index (κ2) is 10.6. The van der Waals surface area contributed by atoms with Gasteiger partial charge in [-0.25, -0.2) is 9.69 Å². The molecule has 32 heavy (non-hydrogen) atoms. The first-order valence-corrected chi connectivity index (χ1v) is 11.6. The molecule has 0 aromatic heterocycles. The summed E-state index contributed by atoms with van der Waals surface area (Å²) in [6.07, 6.45) is 2.04. The molecule has 1 aromatic carbocycles. The fourth-order valence-corrected chi connectivity index (χ4v) is 4.13. The molecule has 0 atom stereocenters. The van der Waals surface area contributed by atoms with Crippen LogP contribution >= 0.6 is 15.9 Å². The first kappa shape index (κ1) is 26.1. The number of carbonyl (C=O) groups excluding carboxylic acids is 2. The van der Waals surface area contributed by atoms with Gasteiger partial charge in [0.2, 0.25) is 0 Å². The summed E-state index contributed by atoms with van der Waals surface area (Å²) in [5, 5.41) is 12.0. The fraction of sp³-hybridized carbons (Fsp3) is 0.619. The third kappa shape index (κ3) is 5.79. The van der Waals surface area contributed by atoms with Crippen LogP contribution in [0.1, 0.15) is 64.4 Å². The molecule has 1 aromatic rings. The summed E-state index contributed by atoms with van der Waals surface area (Å²) in [6.45, 7) is 3.39. The van der Waals surface area contributed by atoms with E-state index in [4.69, 9.17) is 0 Å². The first-order valence-electron chi connectivity index (χ1n) is 10.5. The number of alkyl halides is 4. The van der Waals surface area contributed by atoms with Crippen molar-refractivity contribution in [2.45, 2.75) is 70.5 Å². The SMILES string of the molecule is CC1(C)C(=O)N(c2ccc([N+](=O)[O-])c(C(F)(F)F)c2)C(=O)N1CCCCCCCCCBr. The lowest BCUT2D eigenvalue weighted by Crippen LogP contribution is -2.44. The highest BCUT2D eigenvalue weighted by molar-refractivity contribution is 9.09. The molecular formula is C21H27BrF3N3O4. The smallest absolute Gasteiger partial charge is 0.310 e. The summed E-state index contributed by atoms with van der Waals surface area (Å²) in [5.41, 5.74) is -4.20. The topological polar surface area (TPSA) is 83.8 Å². The molecule has 0 unspecified atom stereocenters. The van der Waals surface area contributed by atoms with Crippen molar-refractivity contribution >= 4 is 39.2 Å². The number of benzene rings is 1.